The van der Waals surface area contributed by atoms with E-state index in [1.807, 2.05) is 6.07 Å². The van der Waals surface area contributed by atoms with Crippen LogP contribution in [0.25, 0.3) is 11.6 Å². The molecule has 1 aromatic heterocycles. The van der Waals surface area contributed by atoms with Gasteiger partial charge in [0.2, 0.25) is 0 Å². The zero-order valence-electron chi connectivity index (χ0n) is 10.2. The van der Waals surface area contributed by atoms with Crippen LogP contribution in [0.3, 0.4) is 0 Å². The van der Waals surface area contributed by atoms with Crippen molar-refractivity contribution in [2.24, 2.45) is 0 Å². The van der Waals surface area contributed by atoms with Gasteiger partial charge in [-0.1, -0.05) is 18.2 Å². The van der Waals surface area contributed by atoms with Crippen LogP contribution in [0.4, 0.5) is 13.2 Å². The Bertz CT molecular complexity index is 668. The number of pyridine rings is 1. The zero-order valence-corrected chi connectivity index (χ0v) is 10.2. The molecule has 20 heavy (non-hydrogen) atoms. The SMILES string of the molecule is N#C/C(=C/c1cccnc1)c1cccc(C(F)(F)F)c1. The van der Waals surface area contributed by atoms with Crippen molar-refractivity contribution in [1.82, 2.24) is 4.98 Å². The highest BCUT2D eigenvalue weighted by molar-refractivity contribution is 5.89. The third-order valence-electron chi connectivity index (χ3n) is 2.62. The van der Waals surface area contributed by atoms with Crippen LogP contribution in [0.2, 0.25) is 0 Å². The van der Waals surface area contributed by atoms with Gasteiger partial charge >= 0.3 is 6.18 Å². The fourth-order valence-corrected chi connectivity index (χ4v) is 1.67. The number of nitriles is 1. The molecule has 0 saturated carbocycles. The van der Waals surface area contributed by atoms with Crippen molar-refractivity contribution in [3.63, 3.8) is 0 Å². The molecule has 0 radical (unpaired) electrons. The molecule has 0 bridgehead atoms. The standard InChI is InChI=1S/C15H9F3N2/c16-15(17,18)14-5-1-4-12(8-14)13(9-19)7-11-3-2-6-20-10-11/h1-8,10H/b13-7-. The van der Waals surface area contributed by atoms with Crippen molar-refractivity contribution < 1.29 is 13.2 Å². The Hall–Kier alpha value is -2.61. The molecule has 0 aliphatic heterocycles. The van der Waals surface area contributed by atoms with Gasteiger partial charge in [-0.25, -0.2) is 0 Å². The van der Waals surface area contributed by atoms with Gasteiger partial charge < -0.3 is 0 Å². The first-order valence-corrected chi connectivity index (χ1v) is 5.70. The summed E-state index contributed by atoms with van der Waals surface area (Å²) < 4.78 is 37.9. The lowest BCUT2D eigenvalue weighted by atomic mass is 10.0. The first-order chi connectivity index (χ1) is 9.50. The minimum atomic E-state index is -4.43. The van der Waals surface area contributed by atoms with Crippen LogP contribution in [-0.2, 0) is 6.18 Å². The number of rotatable bonds is 2. The lowest BCUT2D eigenvalue weighted by molar-refractivity contribution is -0.137. The molecular weight excluding hydrogens is 265 g/mol. The Morgan fingerprint density at radius 1 is 1.20 bits per heavy atom. The fourth-order valence-electron chi connectivity index (χ4n) is 1.67. The monoisotopic (exact) mass is 274 g/mol. The maximum Gasteiger partial charge on any atom is 0.416 e. The second-order valence-corrected chi connectivity index (χ2v) is 4.03. The van der Waals surface area contributed by atoms with Gasteiger partial charge in [-0.2, -0.15) is 18.4 Å². The summed E-state index contributed by atoms with van der Waals surface area (Å²) in [6.45, 7) is 0. The molecule has 1 heterocycles. The average molecular weight is 274 g/mol. The normalized spacial score (nSPS) is 12.0. The predicted octanol–water partition coefficient (Wildman–Crippen LogP) is 4.16. The second kappa shape index (κ2) is 5.57. The van der Waals surface area contributed by atoms with Crippen LogP contribution in [-0.4, -0.2) is 4.98 Å². The van der Waals surface area contributed by atoms with Crippen molar-refractivity contribution in [3.8, 4) is 6.07 Å². The number of benzene rings is 1. The third kappa shape index (κ3) is 3.23. The van der Waals surface area contributed by atoms with E-state index in [0.717, 1.165) is 12.1 Å². The van der Waals surface area contributed by atoms with Gasteiger partial charge in [0, 0.05) is 12.4 Å². The number of nitrogens with zero attached hydrogens (tertiary/aromatic N) is 2. The molecule has 0 N–H and O–H groups in total. The minimum Gasteiger partial charge on any atom is -0.264 e. The van der Waals surface area contributed by atoms with Crippen LogP contribution in [0.1, 0.15) is 16.7 Å². The predicted molar refractivity (Wildman–Crippen MR) is 69.2 cm³/mol. The lowest BCUT2D eigenvalue weighted by Gasteiger charge is -2.08. The van der Waals surface area contributed by atoms with Gasteiger partial charge in [0.25, 0.3) is 0 Å². The van der Waals surface area contributed by atoms with Gasteiger partial charge in [0.15, 0.2) is 0 Å². The highest BCUT2D eigenvalue weighted by Gasteiger charge is 2.30. The Balaban J connectivity index is 2.44. The van der Waals surface area contributed by atoms with Crippen LogP contribution < -0.4 is 0 Å². The summed E-state index contributed by atoms with van der Waals surface area (Å²) in [5.74, 6) is 0. The summed E-state index contributed by atoms with van der Waals surface area (Å²) >= 11 is 0. The van der Waals surface area contributed by atoms with E-state index in [4.69, 9.17) is 5.26 Å². The van der Waals surface area contributed by atoms with Crippen molar-refractivity contribution in [3.05, 3.63) is 65.5 Å². The molecule has 0 amide bonds. The maximum atomic E-state index is 12.6. The molecule has 0 fully saturated rings. The molecule has 0 saturated heterocycles. The second-order valence-electron chi connectivity index (χ2n) is 4.03. The molecule has 100 valence electrons. The van der Waals surface area contributed by atoms with Crippen LogP contribution in [0.15, 0.2) is 48.8 Å². The number of halogens is 3. The summed E-state index contributed by atoms with van der Waals surface area (Å²) in [6, 6.07) is 10.0. The van der Waals surface area contributed by atoms with Gasteiger partial charge in [-0.05, 0) is 35.4 Å². The van der Waals surface area contributed by atoms with E-state index in [0.29, 0.717) is 5.56 Å². The molecule has 0 aliphatic carbocycles. The van der Waals surface area contributed by atoms with E-state index < -0.39 is 11.7 Å². The summed E-state index contributed by atoms with van der Waals surface area (Å²) in [4.78, 5) is 3.89. The van der Waals surface area contributed by atoms with Crippen molar-refractivity contribution in [2.45, 2.75) is 6.18 Å². The van der Waals surface area contributed by atoms with Crippen molar-refractivity contribution in [2.75, 3.05) is 0 Å². The molecule has 0 spiro atoms. The number of hydrogen-bond donors (Lipinski definition) is 0. The zero-order chi connectivity index (χ0) is 14.6. The van der Waals surface area contributed by atoms with Crippen LogP contribution in [0.5, 0.6) is 0 Å². The minimum absolute atomic E-state index is 0.157. The third-order valence-corrected chi connectivity index (χ3v) is 2.62. The van der Waals surface area contributed by atoms with Crippen LogP contribution in [0, 0.1) is 11.3 Å². The first kappa shape index (κ1) is 13.8. The van der Waals surface area contributed by atoms with Gasteiger partial charge in [-0.15, -0.1) is 0 Å². The average Bonchev–Trinajstić information content (AvgIpc) is 2.45. The summed E-state index contributed by atoms with van der Waals surface area (Å²) in [5.41, 5.74) is 0.263. The topological polar surface area (TPSA) is 36.7 Å². The molecule has 1 aromatic carbocycles. The van der Waals surface area contributed by atoms with Gasteiger partial charge in [0.1, 0.15) is 0 Å². The summed E-state index contributed by atoms with van der Waals surface area (Å²) in [6.07, 6.45) is 0.186. The van der Waals surface area contributed by atoms with E-state index in [-0.39, 0.29) is 11.1 Å². The Labute approximate surface area is 113 Å². The molecule has 2 nitrogen and oxygen atoms in total. The Morgan fingerprint density at radius 2 is 2.00 bits per heavy atom. The highest BCUT2D eigenvalue weighted by atomic mass is 19.4. The smallest absolute Gasteiger partial charge is 0.264 e. The number of allylic oxidation sites excluding steroid dienone is 1. The maximum absolute atomic E-state index is 12.6. The van der Waals surface area contributed by atoms with Crippen LogP contribution >= 0.6 is 0 Å². The largest absolute Gasteiger partial charge is 0.416 e. The van der Waals surface area contributed by atoms with Crippen molar-refractivity contribution in [1.29, 1.82) is 5.26 Å². The lowest BCUT2D eigenvalue weighted by Crippen LogP contribution is -2.04. The number of hydrogen-bond acceptors (Lipinski definition) is 2. The Morgan fingerprint density at radius 3 is 2.60 bits per heavy atom. The van der Waals surface area contributed by atoms with Crippen molar-refractivity contribution >= 4 is 11.6 Å². The molecule has 5 heteroatoms. The quantitative estimate of drug-likeness (QED) is 0.771. The van der Waals surface area contributed by atoms with E-state index in [1.54, 1.807) is 18.3 Å². The van der Waals surface area contributed by atoms with Gasteiger partial charge in [0.05, 0.1) is 17.2 Å². The molecular formula is C15H9F3N2. The summed E-state index contributed by atoms with van der Waals surface area (Å²) in [7, 11) is 0. The van der Waals surface area contributed by atoms with E-state index in [2.05, 4.69) is 4.98 Å². The summed E-state index contributed by atoms with van der Waals surface area (Å²) in [5, 5.41) is 9.11. The molecule has 0 aliphatic rings. The van der Waals surface area contributed by atoms with Gasteiger partial charge in [-0.3, -0.25) is 4.98 Å². The number of aromatic nitrogens is 1. The van der Waals surface area contributed by atoms with E-state index in [1.165, 1.54) is 24.4 Å². The highest BCUT2D eigenvalue weighted by Crippen LogP contribution is 2.31. The fraction of sp³-hybridized carbons (Fsp3) is 0.0667. The molecule has 0 unspecified atom stereocenters. The number of alkyl halides is 3. The molecule has 2 aromatic rings. The van der Waals surface area contributed by atoms with E-state index >= 15 is 0 Å². The molecule has 2 rings (SSSR count). The Kier molecular flexibility index (Phi) is 3.85. The molecule has 0 atom stereocenters. The van der Waals surface area contributed by atoms with E-state index in [9.17, 15) is 13.2 Å². The first-order valence-electron chi connectivity index (χ1n) is 5.70.